The van der Waals surface area contributed by atoms with Gasteiger partial charge in [0.25, 0.3) is 0 Å². The topological polar surface area (TPSA) is 108 Å². The quantitative estimate of drug-likeness (QED) is 0.625. The zero-order chi connectivity index (χ0) is 13.5. The molecule has 7 heteroatoms. The van der Waals surface area contributed by atoms with Gasteiger partial charge in [0, 0.05) is 12.8 Å². The van der Waals surface area contributed by atoms with Crippen LogP contribution in [0.1, 0.15) is 25.7 Å². The van der Waals surface area contributed by atoms with Crippen LogP contribution in [-0.4, -0.2) is 37.0 Å². The Bertz CT molecular complexity index is 388. The smallest absolute Gasteiger partial charge is 0.328 e. The molecule has 1 fully saturated rings. The predicted molar refractivity (Wildman–Crippen MR) is 60.0 cm³/mol. The van der Waals surface area contributed by atoms with Gasteiger partial charge in [0.2, 0.25) is 11.8 Å². The summed E-state index contributed by atoms with van der Waals surface area (Å²) in [4.78, 5) is 34.1. The summed E-state index contributed by atoms with van der Waals surface area (Å²) in [6, 6.07) is 0.446. The van der Waals surface area contributed by atoms with E-state index >= 15 is 0 Å². The van der Waals surface area contributed by atoms with Gasteiger partial charge in [0.1, 0.15) is 12.1 Å². The normalized spacial score (nSPS) is 19.6. The summed E-state index contributed by atoms with van der Waals surface area (Å²) in [5.41, 5.74) is 0. The molecule has 0 bridgehead atoms. The van der Waals surface area contributed by atoms with Crippen LogP contribution in [-0.2, 0) is 19.1 Å². The zero-order valence-electron chi connectivity index (χ0n) is 10.1. The van der Waals surface area contributed by atoms with Gasteiger partial charge in [-0.2, -0.15) is 5.26 Å². The SMILES string of the molecule is COC(=O)[C@@H](CCC#N)NC(=O)[C@@H]1CCC(=O)N1. The summed E-state index contributed by atoms with van der Waals surface area (Å²) in [7, 11) is 1.21. The summed E-state index contributed by atoms with van der Waals surface area (Å²) in [6.45, 7) is 0. The molecule has 1 heterocycles. The van der Waals surface area contributed by atoms with Gasteiger partial charge in [-0.15, -0.1) is 0 Å². The zero-order valence-corrected chi connectivity index (χ0v) is 10.1. The first-order chi connectivity index (χ1) is 8.58. The largest absolute Gasteiger partial charge is 0.467 e. The predicted octanol–water partition coefficient (Wildman–Crippen LogP) is -0.773. The third-order valence-electron chi connectivity index (χ3n) is 2.66. The Balaban J connectivity index is 2.54. The number of amides is 2. The average Bonchev–Trinajstić information content (AvgIpc) is 2.80. The van der Waals surface area contributed by atoms with E-state index in [0.29, 0.717) is 12.8 Å². The molecule has 7 nitrogen and oxygen atoms in total. The maximum absolute atomic E-state index is 11.8. The van der Waals surface area contributed by atoms with E-state index in [1.165, 1.54) is 7.11 Å². The number of methoxy groups -OCH3 is 1. The molecule has 1 rings (SSSR count). The second-order valence-electron chi connectivity index (χ2n) is 3.94. The minimum absolute atomic E-state index is 0.136. The number of nitrogens with one attached hydrogen (secondary N) is 2. The van der Waals surface area contributed by atoms with Gasteiger partial charge in [-0.1, -0.05) is 0 Å². The number of hydrogen-bond donors (Lipinski definition) is 2. The molecule has 98 valence electrons. The highest BCUT2D eigenvalue weighted by Gasteiger charge is 2.30. The van der Waals surface area contributed by atoms with E-state index in [2.05, 4.69) is 15.4 Å². The Morgan fingerprint density at radius 2 is 2.39 bits per heavy atom. The van der Waals surface area contributed by atoms with Gasteiger partial charge in [0.15, 0.2) is 0 Å². The van der Waals surface area contributed by atoms with Crippen LogP contribution in [0.5, 0.6) is 0 Å². The fraction of sp³-hybridized carbons (Fsp3) is 0.636. The summed E-state index contributed by atoms with van der Waals surface area (Å²) >= 11 is 0. The molecule has 2 amide bonds. The number of carbonyl (C=O) groups excluding carboxylic acids is 3. The standard InChI is InChI=1S/C11H15N3O4/c1-18-11(17)8(3-2-6-12)14-10(16)7-4-5-9(15)13-7/h7-8H,2-5H2,1H3,(H,13,15)(H,14,16)/t7-,8+/m0/s1. The molecule has 0 radical (unpaired) electrons. The number of nitrogens with zero attached hydrogens (tertiary/aromatic N) is 1. The van der Waals surface area contributed by atoms with E-state index in [9.17, 15) is 14.4 Å². The minimum atomic E-state index is -0.848. The maximum Gasteiger partial charge on any atom is 0.328 e. The molecule has 0 aliphatic carbocycles. The molecule has 0 aromatic heterocycles. The van der Waals surface area contributed by atoms with Crippen molar-refractivity contribution in [2.24, 2.45) is 0 Å². The molecule has 1 aliphatic rings. The number of ether oxygens (including phenoxy) is 1. The molecule has 18 heavy (non-hydrogen) atoms. The Morgan fingerprint density at radius 1 is 1.67 bits per heavy atom. The van der Waals surface area contributed by atoms with Gasteiger partial charge < -0.3 is 15.4 Å². The van der Waals surface area contributed by atoms with E-state index in [4.69, 9.17) is 5.26 Å². The monoisotopic (exact) mass is 253 g/mol. The van der Waals surface area contributed by atoms with Crippen molar-refractivity contribution in [2.75, 3.05) is 7.11 Å². The maximum atomic E-state index is 11.8. The molecule has 0 aromatic rings. The van der Waals surface area contributed by atoms with Gasteiger partial charge in [-0.3, -0.25) is 9.59 Å². The van der Waals surface area contributed by atoms with Gasteiger partial charge in [0.05, 0.1) is 13.2 Å². The number of carbonyl (C=O) groups is 3. The highest BCUT2D eigenvalue weighted by atomic mass is 16.5. The lowest BCUT2D eigenvalue weighted by molar-refractivity contribution is -0.145. The van der Waals surface area contributed by atoms with E-state index < -0.39 is 24.0 Å². The number of hydrogen-bond acceptors (Lipinski definition) is 5. The Labute approximate surface area is 104 Å². The van der Waals surface area contributed by atoms with Crippen LogP contribution in [0.3, 0.4) is 0 Å². The lowest BCUT2D eigenvalue weighted by atomic mass is 10.1. The first kappa shape index (κ1) is 14.0. The highest BCUT2D eigenvalue weighted by Crippen LogP contribution is 2.08. The van der Waals surface area contributed by atoms with Crippen molar-refractivity contribution in [2.45, 2.75) is 37.8 Å². The first-order valence-electron chi connectivity index (χ1n) is 5.63. The van der Waals surface area contributed by atoms with Gasteiger partial charge in [-0.05, 0) is 12.8 Å². The minimum Gasteiger partial charge on any atom is -0.467 e. The molecule has 1 aliphatic heterocycles. The van der Waals surface area contributed by atoms with E-state index in [1.807, 2.05) is 6.07 Å². The third kappa shape index (κ3) is 3.73. The van der Waals surface area contributed by atoms with Crippen LogP contribution in [0, 0.1) is 11.3 Å². The van der Waals surface area contributed by atoms with Crippen LogP contribution in [0.4, 0.5) is 0 Å². The molecule has 0 spiro atoms. The number of rotatable bonds is 5. The third-order valence-corrected chi connectivity index (χ3v) is 2.66. The van der Waals surface area contributed by atoms with Crippen molar-refractivity contribution in [3.05, 3.63) is 0 Å². The molecular weight excluding hydrogens is 238 g/mol. The Kier molecular flexibility index (Phi) is 5.11. The summed E-state index contributed by atoms with van der Waals surface area (Å²) in [5, 5.41) is 13.5. The van der Waals surface area contributed by atoms with Crippen LogP contribution < -0.4 is 10.6 Å². The second-order valence-corrected chi connectivity index (χ2v) is 3.94. The molecular formula is C11H15N3O4. The van der Waals surface area contributed by atoms with Crippen molar-refractivity contribution in [1.82, 2.24) is 10.6 Å². The van der Waals surface area contributed by atoms with E-state index in [0.717, 1.165) is 0 Å². The summed E-state index contributed by atoms with van der Waals surface area (Å²) in [5.74, 6) is -1.20. The lowest BCUT2D eigenvalue weighted by Gasteiger charge is -2.17. The van der Waals surface area contributed by atoms with Crippen molar-refractivity contribution in [1.29, 1.82) is 5.26 Å². The Morgan fingerprint density at radius 3 is 2.89 bits per heavy atom. The molecule has 0 aromatic carbocycles. The average molecular weight is 253 g/mol. The van der Waals surface area contributed by atoms with Gasteiger partial charge in [-0.25, -0.2) is 4.79 Å². The molecule has 2 atom stereocenters. The van der Waals surface area contributed by atoms with E-state index in [-0.39, 0.29) is 18.7 Å². The van der Waals surface area contributed by atoms with E-state index in [1.54, 1.807) is 0 Å². The molecule has 0 unspecified atom stereocenters. The first-order valence-corrected chi connectivity index (χ1v) is 5.63. The van der Waals surface area contributed by atoms with Crippen LogP contribution in [0.2, 0.25) is 0 Å². The van der Waals surface area contributed by atoms with Crippen molar-refractivity contribution in [3.63, 3.8) is 0 Å². The molecule has 0 saturated carbocycles. The second kappa shape index (κ2) is 6.59. The number of nitriles is 1. The van der Waals surface area contributed by atoms with Crippen molar-refractivity contribution >= 4 is 17.8 Å². The lowest BCUT2D eigenvalue weighted by Crippen LogP contribution is -2.49. The molecule has 1 saturated heterocycles. The fourth-order valence-corrected chi connectivity index (χ4v) is 1.68. The molecule has 2 N–H and O–H groups in total. The van der Waals surface area contributed by atoms with Crippen LogP contribution in [0.15, 0.2) is 0 Å². The highest BCUT2D eigenvalue weighted by molar-refractivity contribution is 5.93. The van der Waals surface area contributed by atoms with Crippen LogP contribution >= 0.6 is 0 Å². The van der Waals surface area contributed by atoms with Crippen LogP contribution in [0.25, 0.3) is 0 Å². The van der Waals surface area contributed by atoms with Crippen molar-refractivity contribution < 1.29 is 19.1 Å². The summed E-state index contributed by atoms with van der Waals surface area (Å²) < 4.78 is 4.54. The Hall–Kier alpha value is -2.10. The van der Waals surface area contributed by atoms with Gasteiger partial charge >= 0.3 is 5.97 Å². The van der Waals surface area contributed by atoms with Crippen molar-refractivity contribution in [3.8, 4) is 6.07 Å². The fourth-order valence-electron chi connectivity index (χ4n) is 1.68. The number of esters is 1. The summed E-state index contributed by atoms with van der Waals surface area (Å²) in [6.07, 6.45) is 1.04.